The van der Waals surface area contributed by atoms with Crippen molar-refractivity contribution in [1.29, 1.82) is 0 Å². The lowest BCUT2D eigenvalue weighted by molar-refractivity contribution is 0.102. The van der Waals surface area contributed by atoms with Crippen molar-refractivity contribution in [3.8, 4) is 0 Å². The molecular formula is C12H11BrN4OS. The molecule has 2 aromatic rings. The Morgan fingerprint density at radius 2 is 2.26 bits per heavy atom. The van der Waals surface area contributed by atoms with Gasteiger partial charge in [-0.3, -0.25) is 4.79 Å². The van der Waals surface area contributed by atoms with Crippen molar-refractivity contribution in [3.63, 3.8) is 0 Å². The van der Waals surface area contributed by atoms with Gasteiger partial charge in [-0.25, -0.2) is 4.98 Å². The first kappa shape index (κ1) is 13.7. The van der Waals surface area contributed by atoms with E-state index in [4.69, 9.17) is 18.0 Å². The maximum Gasteiger partial charge on any atom is 0.275 e. The minimum Gasteiger partial charge on any atom is -0.389 e. The molecule has 0 saturated carbocycles. The van der Waals surface area contributed by atoms with E-state index in [0.29, 0.717) is 16.9 Å². The van der Waals surface area contributed by atoms with Gasteiger partial charge in [0.25, 0.3) is 5.91 Å². The van der Waals surface area contributed by atoms with Crippen molar-refractivity contribution in [2.75, 3.05) is 5.32 Å². The Bertz CT molecular complexity index is 653. The fourth-order valence-corrected chi connectivity index (χ4v) is 2.08. The number of imidazole rings is 1. The highest BCUT2D eigenvalue weighted by atomic mass is 79.9. The molecule has 1 amide bonds. The average Bonchev–Trinajstić information content (AvgIpc) is 2.78. The summed E-state index contributed by atoms with van der Waals surface area (Å²) in [6.07, 6.45) is 3.19. The number of anilines is 1. The number of aryl methyl sites for hydroxylation is 1. The number of rotatable bonds is 3. The van der Waals surface area contributed by atoms with Crippen molar-refractivity contribution in [3.05, 3.63) is 46.5 Å². The highest BCUT2D eigenvalue weighted by molar-refractivity contribution is 9.10. The van der Waals surface area contributed by atoms with Crippen LogP contribution in [0.25, 0.3) is 0 Å². The van der Waals surface area contributed by atoms with E-state index in [9.17, 15) is 4.79 Å². The predicted molar refractivity (Wildman–Crippen MR) is 81.2 cm³/mol. The Morgan fingerprint density at radius 1 is 1.53 bits per heavy atom. The summed E-state index contributed by atoms with van der Waals surface area (Å²) < 4.78 is 2.54. The molecule has 0 radical (unpaired) electrons. The van der Waals surface area contributed by atoms with Gasteiger partial charge >= 0.3 is 0 Å². The number of nitrogens with two attached hydrogens (primary N) is 1. The van der Waals surface area contributed by atoms with Gasteiger partial charge < -0.3 is 15.6 Å². The molecule has 2 rings (SSSR count). The minimum atomic E-state index is -0.305. The van der Waals surface area contributed by atoms with E-state index in [1.807, 2.05) is 0 Å². The zero-order valence-corrected chi connectivity index (χ0v) is 12.5. The molecule has 0 aliphatic carbocycles. The zero-order valence-electron chi connectivity index (χ0n) is 10.1. The van der Waals surface area contributed by atoms with Crippen molar-refractivity contribution >= 4 is 44.7 Å². The molecule has 1 aromatic heterocycles. The van der Waals surface area contributed by atoms with Crippen LogP contribution in [0.2, 0.25) is 0 Å². The van der Waals surface area contributed by atoms with Crippen LogP contribution in [0, 0.1) is 0 Å². The molecule has 1 aromatic carbocycles. The van der Waals surface area contributed by atoms with Gasteiger partial charge in [0, 0.05) is 23.3 Å². The molecule has 3 N–H and O–H groups in total. The molecule has 19 heavy (non-hydrogen) atoms. The van der Waals surface area contributed by atoms with Crippen molar-refractivity contribution in [2.24, 2.45) is 12.8 Å². The van der Waals surface area contributed by atoms with Gasteiger partial charge in [-0.2, -0.15) is 0 Å². The molecule has 0 spiro atoms. The summed E-state index contributed by atoms with van der Waals surface area (Å²) in [6, 6.07) is 5.30. The van der Waals surface area contributed by atoms with Gasteiger partial charge in [-0.05, 0) is 18.2 Å². The summed E-state index contributed by atoms with van der Waals surface area (Å²) in [5.41, 5.74) is 7.14. The van der Waals surface area contributed by atoms with Crippen LogP contribution in [0.3, 0.4) is 0 Å². The Kier molecular flexibility index (Phi) is 3.96. The largest absolute Gasteiger partial charge is 0.389 e. The highest BCUT2D eigenvalue weighted by Crippen LogP contribution is 2.21. The van der Waals surface area contributed by atoms with Gasteiger partial charge in [0.15, 0.2) is 0 Å². The predicted octanol–water partition coefficient (Wildman–Crippen LogP) is 2.07. The number of nitrogens with zero attached hydrogens (tertiary/aromatic N) is 2. The summed E-state index contributed by atoms with van der Waals surface area (Å²) in [7, 11) is 1.80. The Morgan fingerprint density at radius 3 is 2.84 bits per heavy atom. The zero-order chi connectivity index (χ0) is 14.0. The molecule has 0 bridgehead atoms. The van der Waals surface area contributed by atoms with Crippen LogP contribution in [0.5, 0.6) is 0 Å². The average molecular weight is 339 g/mol. The standard InChI is InChI=1S/C12H11BrN4OS/c1-17-5-10(15-6-17)12(18)16-9-3-2-7(13)4-8(9)11(14)19/h2-6H,1H3,(H2,14,19)(H,16,18). The topological polar surface area (TPSA) is 72.9 Å². The number of thiocarbonyl (C=S) groups is 1. The van der Waals surface area contributed by atoms with E-state index in [2.05, 4.69) is 26.2 Å². The van der Waals surface area contributed by atoms with E-state index in [1.165, 1.54) is 0 Å². The van der Waals surface area contributed by atoms with E-state index in [-0.39, 0.29) is 10.9 Å². The monoisotopic (exact) mass is 338 g/mol. The van der Waals surface area contributed by atoms with Crippen LogP contribution in [0.15, 0.2) is 35.2 Å². The fourth-order valence-electron chi connectivity index (χ4n) is 1.55. The quantitative estimate of drug-likeness (QED) is 0.840. The van der Waals surface area contributed by atoms with Gasteiger partial charge in [-0.15, -0.1) is 0 Å². The van der Waals surface area contributed by atoms with E-state index < -0.39 is 0 Å². The minimum absolute atomic E-state index is 0.220. The molecule has 0 aliphatic rings. The number of carbonyl (C=O) groups excluding carboxylic acids is 1. The summed E-state index contributed by atoms with van der Waals surface area (Å²) in [6.45, 7) is 0. The van der Waals surface area contributed by atoms with Crippen LogP contribution in [0.4, 0.5) is 5.69 Å². The Hall–Kier alpha value is -1.73. The van der Waals surface area contributed by atoms with Crippen molar-refractivity contribution in [1.82, 2.24) is 9.55 Å². The van der Waals surface area contributed by atoms with Crippen LogP contribution < -0.4 is 11.1 Å². The maximum atomic E-state index is 12.0. The van der Waals surface area contributed by atoms with Gasteiger partial charge in [0.05, 0.1) is 12.0 Å². The van der Waals surface area contributed by atoms with Crippen LogP contribution >= 0.6 is 28.1 Å². The third-order valence-corrected chi connectivity index (χ3v) is 3.15. The number of hydrogen-bond donors (Lipinski definition) is 2. The molecule has 0 atom stereocenters. The molecule has 7 heteroatoms. The second-order valence-electron chi connectivity index (χ2n) is 3.93. The summed E-state index contributed by atoms with van der Waals surface area (Å²) >= 11 is 8.30. The van der Waals surface area contributed by atoms with Gasteiger partial charge in [0.1, 0.15) is 10.7 Å². The normalized spacial score (nSPS) is 10.2. The SMILES string of the molecule is Cn1cnc(C(=O)Nc2ccc(Br)cc2C(N)=S)c1. The van der Waals surface area contributed by atoms with Crippen molar-refractivity contribution < 1.29 is 4.79 Å². The number of carbonyl (C=O) groups is 1. The molecule has 1 heterocycles. The molecular weight excluding hydrogens is 328 g/mol. The molecule has 0 saturated heterocycles. The lowest BCUT2D eigenvalue weighted by Gasteiger charge is -2.09. The van der Waals surface area contributed by atoms with E-state index >= 15 is 0 Å². The van der Waals surface area contributed by atoms with Gasteiger partial charge in [0.2, 0.25) is 0 Å². The number of hydrogen-bond acceptors (Lipinski definition) is 3. The fraction of sp³-hybridized carbons (Fsp3) is 0.0833. The molecule has 98 valence electrons. The van der Waals surface area contributed by atoms with Crippen LogP contribution in [0.1, 0.15) is 16.1 Å². The summed E-state index contributed by atoms with van der Waals surface area (Å²) in [5.74, 6) is -0.305. The smallest absolute Gasteiger partial charge is 0.275 e. The summed E-state index contributed by atoms with van der Waals surface area (Å²) in [4.78, 5) is 16.2. The van der Waals surface area contributed by atoms with Crippen LogP contribution in [-0.4, -0.2) is 20.4 Å². The third kappa shape index (κ3) is 3.18. The third-order valence-electron chi connectivity index (χ3n) is 2.43. The van der Waals surface area contributed by atoms with Crippen LogP contribution in [-0.2, 0) is 7.05 Å². The number of amides is 1. The molecule has 0 aliphatic heterocycles. The van der Waals surface area contributed by atoms with Gasteiger partial charge in [-0.1, -0.05) is 28.1 Å². The van der Waals surface area contributed by atoms with E-state index in [1.54, 1.807) is 42.3 Å². The Labute approximate surface area is 123 Å². The maximum absolute atomic E-state index is 12.0. The number of benzene rings is 1. The van der Waals surface area contributed by atoms with E-state index in [0.717, 1.165) is 4.47 Å². The second-order valence-corrected chi connectivity index (χ2v) is 5.29. The molecule has 0 unspecified atom stereocenters. The first-order valence-corrected chi connectivity index (χ1v) is 6.56. The first-order valence-electron chi connectivity index (χ1n) is 5.36. The number of aromatic nitrogens is 2. The lowest BCUT2D eigenvalue weighted by Crippen LogP contribution is -2.18. The first-order chi connectivity index (χ1) is 8.97. The molecule has 5 nitrogen and oxygen atoms in total. The Balaban J connectivity index is 2.28. The highest BCUT2D eigenvalue weighted by Gasteiger charge is 2.12. The molecule has 0 fully saturated rings. The second kappa shape index (κ2) is 5.50. The summed E-state index contributed by atoms with van der Waals surface area (Å²) in [5, 5.41) is 2.75. The van der Waals surface area contributed by atoms with Crippen molar-refractivity contribution in [2.45, 2.75) is 0 Å². The number of halogens is 1. The lowest BCUT2D eigenvalue weighted by atomic mass is 10.1. The number of nitrogens with one attached hydrogen (secondary N) is 1.